The van der Waals surface area contributed by atoms with E-state index in [0.717, 1.165) is 0 Å². The number of rotatable bonds is 1. The predicted octanol–water partition coefficient (Wildman–Crippen LogP) is 0.277. The van der Waals surface area contributed by atoms with Crippen LogP contribution in [0, 0.1) is 0 Å². The van der Waals surface area contributed by atoms with Crippen LogP contribution in [-0.4, -0.2) is 18.6 Å². The average molecular weight is 209 g/mol. The van der Waals surface area contributed by atoms with Crippen molar-refractivity contribution >= 4 is 20.9 Å². The molecule has 5 nitrogen and oxygen atoms in total. The van der Waals surface area contributed by atoms with Crippen LogP contribution in [0.1, 0.15) is 0 Å². The molecule has 0 unspecified atom stereocenters. The number of primary sulfonamides is 1. The zero-order valence-corrected chi connectivity index (χ0v) is 7.90. The van der Waals surface area contributed by atoms with Gasteiger partial charge in [-0.05, 0) is 12.1 Å². The number of aromatic nitrogens is 2. The van der Waals surface area contributed by atoms with Crippen LogP contribution >= 0.6 is 0 Å². The Labute approximate surface area is 80.6 Å². The molecule has 0 amide bonds. The summed E-state index contributed by atoms with van der Waals surface area (Å²) < 4.78 is 21.9. The number of hydrogen-bond acceptors (Lipinski definition) is 4. The summed E-state index contributed by atoms with van der Waals surface area (Å²) in [5.41, 5.74) is 0.639. The molecule has 2 rings (SSSR count). The van der Waals surface area contributed by atoms with E-state index < -0.39 is 10.0 Å². The molecular formula is C8H7N3O2S. The van der Waals surface area contributed by atoms with E-state index in [0.29, 0.717) is 10.9 Å². The molecule has 1 heterocycles. The van der Waals surface area contributed by atoms with Crippen molar-refractivity contribution in [2.24, 2.45) is 5.14 Å². The third kappa shape index (κ3) is 1.57. The van der Waals surface area contributed by atoms with Gasteiger partial charge in [-0.2, -0.15) is 0 Å². The van der Waals surface area contributed by atoms with Crippen molar-refractivity contribution in [1.82, 2.24) is 10.2 Å². The summed E-state index contributed by atoms with van der Waals surface area (Å²) in [7, 11) is -3.77. The summed E-state index contributed by atoms with van der Waals surface area (Å²) >= 11 is 0. The molecular weight excluding hydrogens is 202 g/mol. The van der Waals surface area contributed by atoms with E-state index >= 15 is 0 Å². The van der Waals surface area contributed by atoms with Gasteiger partial charge in [-0.25, -0.2) is 13.6 Å². The SMILES string of the molecule is NS(=O)(=O)c1cc2ccccc2nn1. The Morgan fingerprint density at radius 2 is 1.86 bits per heavy atom. The van der Waals surface area contributed by atoms with Gasteiger partial charge in [0.1, 0.15) is 0 Å². The van der Waals surface area contributed by atoms with Gasteiger partial charge in [0.05, 0.1) is 5.52 Å². The van der Waals surface area contributed by atoms with Crippen LogP contribution in [-0.2, 0) is 10.0 Å². The van der Waals surface area contributed by atoms with E-state index in [4.69, 9.17) is 5.14 Å². The summed E-state index contributed by atoms with van der Waals surface area (Å²) in [5.74, 6) is 0. The smallest absolute Gasteiger partial charge is 0.223 e. The molecule has 0 saturated heterocycles. The van der Waals surface area contributed by atoms with Crippen LogP contribution in [0.25, 0.3) is 10.9 Å². The van der Waals surface area contributed by atoms with Gasteiger partial charge in [-0.15, -0.1) is 10.2 Å². The second kappa shape index (κ2) is 3.00. The summed E-state index contributed by atoms with van der Waals surface area (Å²) in [6.07, 6.45) is 0. The Balaban J connectivity index is 2.75. The van der Waals surface area contributed by atoms with E-state index in [1.54, 1.807) is 24.3 Å². The van der Waals surface area contributed by atoms with Crippen molar-refractivity contribution < 1.29 is 8.42 Å². The van der Waals surface area contributed by atoms with E-state index in [9.17, 15) is 8.42 Å². The Bertz CT molecular complexity index is 580. The van der Waals surface area contributed by atoms with Gasteiger partial charge in [0.25, 0.3) is 10.0 Å². The van der Waals surface area contributed by atoms with Gasteiger partial charge in [0.15, 0.2) is 5.03 Å². The number of nitrogens with zero attached hydrogens (tertiary/aromatic N) is 2. The lowest BCUT2D eigenvalue weighted by Crippen LogP contribution is -2.14. The molecule has 1 aromatic carbocycles. The topological polar surface area (TPSA) is 85.9 Å². The Morgan fingerprint density at radius 3 is 2.57 bits per heavy atom. The first-order chi connectivity index (χ1) is 6.57. The summed E-state index contributed by atoms with van der Waals surface area (Å²) in [6, 6.07) is 8.48. The molecule has 0 radical (unpaired) electrons. The van der Waals surface area contributed by atoms with Gasteiger partial charge in [0.2, 0.25) is 0 Å². The third-order valence-corrected chi connectivity index (χ3v) is 2.55. The molecule has 0 saturated carbocycles. The molecule has 0 bridgehead atoms. The number of nitrogens with two attached hydrogens (primary N) is 1. The van der Waals surface area contributed by atoms with Crippen LogP contribution in [0.4, 0.5) is 0 Å². The minimum absolute atomic E-state index is 0.212. The largest absolute Gasteiger partial charge is 0.257 e. The quantitative estimate of drug-likeness (QED) is 0.730. The highest BCUT2D eigenvalue weighted by atomic mass is 32.2. The maximum absolute atomic E-state index is 11.0. The molecule has 14 heavy (non-hydrogen) atoms. The highest BCUT2D eigenvalue weighted by Crippen LogP contribution is 2.12. The number of benzene rings is 1. The fourth-order valence-electron chi connectivity index (χ4n) is 1.10. The molecule has 2 N–H and O–H groups in total. The van der Waals surface area contributed by atoms with Gasteiger partial charge >= 0.3 is 0 Å². The molecule has 72 valence electrons. The fourth-order valence-corrected chi connectivity index (χ4v) is 1.55. The van der Waals surface area contributed by atoms with Crippen molar-refractivity contribution in [3.8, 4) is 0 Å². The fraction of sp³-hybridized carbons (Fsp3) is 0. The van der Waals surface area contributed by atoms with E-state index in [-0.39, 0.29) is 5.03 Å². The molecule has 0 spiro atoms. The van der Waals surface area contributed by atoms with Gasteiger partial charge in [-0.3, -0.25) is 0 Å². The van der Waals surface area contributed by atoms with Crippen molar-refractivity contribution in [2.75, 3.05) is 0 Å². The molecule has 0 aliphatic rings. The Kier molecular flexibility index (Phi) is 1.94. The molecule has 0 atom stereocenters. The van der Waals surface area contributed by atoms with Crippen molar-refractivity contribution in [3.63, 3.8) is 0 Å². The lowest BCUT2D eigenvalue weighted by atomic mass is 10.2. The normalized spacial score (nSPS) is 11.8. The second-order valence-electron chi connectivity index (χ2n) is 2.79. The van der Waals surface area contributed by atoms with Crippen LogP contribution < -0.4 is 5.14 Å². The van der Waals surface area contributed by atoms with E-state index in [2.05, 4.69) is 10.2 Å². The van der Waals surface area contributed by atoms with Crippen molar-refractivity contribution in [2.45, 2.75) is 5.03 Å². The molecule has 0 aliphatic heterocycles. The molecule has 2 aromatic rings. The molecule has 1 aromatic heterocycles. The lowest BCUT2D eigenvalue weighted by molar-refractivity contribution is 0.592. The van der Waals surface area contributed by atoms with Crippen LogP contribution in [0.3, 0.4) is 0 Å². The Morgan fingerprint density at radius 1 is 1.14 bits per heavy atom. The van der Waals surface area contributed by atoms with Crippen LogP contribution in [0.15, 0.2) is 35.4 Å². The lowest BCUT2D eigenvalue weighted by Gasteiger charge is -1.98. The van der Waals surface area contributed by atoms with Crippen molar-refractivity contribution in [1.29, 1.82) is 0 Å². The first-order valence-corrected chi connectivity index (χ1v) is 5.37. The Hall–Kier alpha value is -1.53. The number of fused-ring (bicyclic) bond motifs is 1. The number of sulfonamides is 1. The molecule has 0 aliphatic carbocycles. The zero-order chi connectivity index (χ0) is 10.2. The monoisotopic (exact) mass is 209 g/mol. The molecule has 6 heteroatoms. The predicted molar refractivity (Wildman–Crippen MR) is 50.9 cm³/mol. The van der Waals surface area contributed by atoms with Crippen LogP contribution in [0.2, 0.25) is 0 Å². The average Bonchev–Trinajstić information content (AvgIpc) is 2.16. The van der Waals surface area contributed by atoms with Crippen molar-refractivity contribution in [3.05, 3.63) is 30.3 Å². The first kappa shape index (κ1) is 9.04. The minimum Gasteiger partial charge on any atom is -0.223 e. The number of hydrogen-bond donors (Lipinski definition) is 1. The van der Waals surface area contributed by atoms with E-state index in [1.165, 1.54) is 6.07 Å². The zero-order valence-electron chi connectivity index (χ0n) is 7.08. The standard InChI is InChI=1S/C8H7N3O2S/c9-14(12,13)8-5-6-3-1-2-4-7(6)10-11-8/h1-5H,(H2,9,12,13). The van der Waals surface area contributed by atoms with Gasteiger partial charge in [0, 0.05) is 5.39 Å². The highest BCUT2D eigenvalue weighted by Gasteiger charge is 2.10. The maximum atomic E-state index is 11.0. The third-order valence-electron chi connectivity index (χ3n) is 1.76. The molecule has 0 fully saturated rings. The van der Waals surface area contributed by atoms with E-state index in [1.807, 2.05) is 0 Å². The first-order valence-electron chi connectivity index (χ1n) is 3.83. The summed E-state index contributed by atoms with van der Waals surface area (Å²) in [4.78, 5) is 0. The highest BCUT2D eigenvalue weighted by molar-refractivity contribution is 7.89. The van der Waals surface area contributed by atoms with Gasteiger partial charge in [-0.1, -0.05) is 18.2 Å². The minimum atomic E-state index is -3.77. The second-order valence-corrected chi connectivity index (χ2v) is 4.29. The summed E-state index contributed by atoms with van der Waals surface area (Å²) in [5, 5.41) is 12.7. The summed E-state index contributed by atoms with van der Waals surface area (Å²) in [6.45, 7) is 0. The van der Waals surface area contributed by atoms with Gasteiger partial charge < -0.3 is 0 Å². The van der Waals surface area contributed by atoms with Crippen LogP contribution in [0.5, 0.6) is 0 Å². The maximum Gasteiger partial charge on any atom is 0.257 e.